The second-order valence-corrected chi connectivity index (χ2v) is 6.14. The summed E-state index contributed by atoms with van der Waals surface area (Å²) in [6, 6.07) is 25.2. The van der Waals surface area contributed by atoms with E-state index in [0.29, 0.717) is 23.7 Å². The molecule has 5 heteroatoms. The van der Waals surface area contributed by atoms with Crippen LogP contribution >= 0.6 is 0 Å². The molecule has 2 N–H and O–H groups in total. The molecule has 5 nitrogen and oxygen atoms in total. The van der Waals surface area contributed by atoms with Crippen molar-refractivity contribution in [3.8, 4) is 5.75 Å². The number of benzene rings is 3. The third-order valence-electron chi connectivity index (χ3n) is 4.14. The van der Waals surface area contributed by atoms with E-state index in [1.165, 1.54) is 6.20 Å². The van der Waals surface area contributed by atoms with Crippen LogP contribution in [0.25, 0.3) is 16.7 Å². The summed E-state index contributed by atoms with van der Waals surface area (Å²) in [5, 5.41) is 0. The first-order valence-corrected chi connectivity index (χ1v) is 8.90. The molecule has 138 valence electrons. The number of rotatable bonds is 6. The molecule has 0 unspecified atom stereocenters. The summed E-state index contributed by atoms with van der Waals surface area (Å²) in [4.78, 5) is 8.93. The number of hydrogen-bond acceptors (Lipinski definition) is 5. The number of allylic oxidation sites excluding steroid dienone is 1. The summed E-state index contributed by atoms with van der Waals surface area (Å²) in [6.07, 6.45) is 3.07. The number of para-hydroxylation sites is 2. The van der Waals surface area contributed by atoms with Crippen molar-refractivity contribution in [3.05, 3.63) is 96.5 Å². The summed E-state index contributed by atoms with van der Waals surface area (Å²) >= 11 is 0. The van der Waals surface area contributed by atoms with Crippen LogP contribution in [-0.4, -0.2) is 11.2 Å². The molecule has 0 aliphatic carbocycles. The Morgan fingerprint density at radius 2 is 1.82 bits per heavy atom. The Morgan fingerprint density at radius 1 is 1.00 bits per heavy atom. The van der Waals surface area contributed by atoms with Gasteiger partial charge >= 0.3 is 0 Å². The van der Waals surface area contributed by atoms with Crippen molar-refractivity contribution in [2.75, 3.05) is 0 Å². The highest BCUT2D eigenvalue weighted by atomic mass is 16.5. The van der Waals surface area contributed by atoms with Crippen LogP contribution in [0.15, 0.2) is 94.5 Å². The molecule has 4 rings (SSSR count). The molecule has 0 saturated heterocycles. The lowest BCUT2D eigenvalue weighted by molar-refractivity contribution is 0.306. The molecule has 0 saturated carbocycles. The highest BCUT2D eigenvalue weighted by Gasteiger charge is 2.08. The molecular formula is C23H19N3O2. The number of nitrogens with two attached hydrogens (primary N) is 1. The molecule has 0 radical (unpaired) electrons. The average molecular weight is 369 g/mol. The maximum Gasteiger partial charge on any atom is 0.230 e. The quantitative estimate of drug-likeness (QED) is 0.479. The van der Waals surface area contributed by atoms with Gasteiger partial charge in [0.15, 0.2) is 5.58 Å². The zero-order chi connectivity index (χ0) is 19.2. The van der Waals surface area contributed by atoms with E-state index in [2.05, 4.69) is 9.98 Å². The van der Waals surface area contributed by atoms with Crippen molar-refractivity contribution in [2.45, 2.75) is 6.61 Å². The van der Waals surface area contributed by atoms with Crippen LogP contribution in [0.1, 0.15) is 11.5 Å². The van der Waals surface area contributed by atoms with Crippen LogP contribution in [0.2, 0.25) is 0 Å². The molecule has 4 aromatic rings. The van der Waals surface area contributed by atoms with Gasteiger partial charge in [0.1, 0.15) is 17.9 Å². The molecule has 0 bridgehead atoms. The number of fused-ring (bicyclic) bond motifs is 1. The molecule has 0 aliphatic rings. The topological polar surface area (TPSA) is 73.6 Å². The standard InChI is InChI=1S/C23H19N3O2/c24-14-18(23-26-21-11-4-5-12-22(21)28-23)15-25-19-9-6-10-20(13-19)27-16-17-7-2-1-3-8-17/h1-15H,16,24H2. The lowest BCUT2D eigenvalue weighted by Gasteiger charge is -2.06. The van der Waals surface area contributed by atoms with Gasteiger partial charge in [0.25, 0.3) is 0 Å². The summed E-state index contributed by atoms with van der Waals surface area (Å²) in [6.45, 7) is 0.505. The minimum Gasteiger partial charge on any atom is -0.489 e. The molecule has 1 aromatic heterocycles. The fraction of sp³-hybridized carbons (Fsp3) is 0.0435. The van der Waals surface area contributed by atoms with Gasteiger partial charge in [-0.1, -0.05) is 48.5 Å². The predicted molar refractivity (Wildman–Crippen MR) is 112 cm³/mol. The van der Waals surface area contributed by atoms with Gasteiger partial charge < -0.3 is 14.9 Å². The number of aromatic nitrogens is 1. The number of oxazole rings is 1. The van der Waals surface area contributed by atoms with Gasteiger partial charge in [0.2, 0.25) is 5.89 Å². The van der Waals surface area contributed by atoms with Crippen molar-refractivity contribution in [3.63, 3.8) is 0 Å². The summed E-state index contributed by atoms with van der Waals surface area (Å²) in [5.74, 6) is 1.18. The van der Waals surface area contributed by atoms with Crippen LogP contribution in [0.3, 0.4) is 0 Å². The molecule has 0 amide bonds. The minimum atomic E-state index is 0.434. The molecule has 3 aromatic carbocycles. The first kappa shape index (κ1) is 17.5. The Balaban J connectivity index is 1.48. The van der Waals surface area contributed by atoms with Gasteiger partial charge in [0, 0.05) is 18.5 Å². The second-order valence-electron chi connectivity index (χ2n) is 6.14. The zero-order valence-electron chi connectivity index (χ0n) is 15.2. The SMILES string of the molecule is NC=C(C=Nc1cccc(OCc2ccccc2)c1)c1nc2ccccc2o1. The lowest BCUT2D eigenvalue weighted by Crippen LogP contribution is -1.94. The van der Waals surface area contributed by atoms with Crippen LogP contribution in [0.5, 0.6) is 5.75 Å². The van der Waals surface area contributed by atoms with E-state index in [4.69, 9.17) is 14.9 Å². The normalized spacial score (nSPS) is 11.9. The van der Waals surface area contributed by atoms with E-state index in [0.717, 1.165) is 22.5 Å². The Bertz CT molecular complexity index is 1100. The smallest absolute Gasteiger partial charge is 0.230 e. The number of aliphatic imine (C=N–C) groups is 1. The largest absolute Gasteiger partial charge is 0.489 e. The molecular weight excluding hydrogens is 350 g/mol. The predicted octanol–water partition coefficient (Wildman–Crippen LogP) is 5.11. The molecule has 0 fully saturated rings. The van der Waals surface area contributed by atoms with Gasteiger partial charge in [-0.05, 0) is 29.8 Å². The van der Waals surface area contributed by atoms with E-state index in [9.17, 15) is 0 Å². The molecule has 0 atom stereocenters. The molecule has 0 spiro atoms. The van der Waals surface area contributed by atoms with E-state index >= 15 is 0 Å². The van der Waals surface area contributed by atoms with Gasteiger partial charge in [-0.3, -0.25) is 4.99 Å². The number of hydrogen-bond donors (Lipinski definition) is 1. The average Bonchev–Trinajstić information content (AvgIpc) is 3.18. The Kier molecular flexibility index (Phi) is 5.15. The van der Waals surface area contributed by atoms with E-state index in [1.54, 1.807) is 6.21 Å². The highest BCUT2D eigenvalue weighted by Crippen LogP contribution is 2.23. The van der Waals surface area contributed by atoms with Crippen molar-refractivity contribution < 1.29 is 9.15 Å². The van der Waals surface area contributed by atoms with Crippen molar-refractivity contribution in [1.29, 1.82) is 0 Å². The molecule has 1 heterocycles. The zero-order valence-corrected chi connectivity index (χ0v) is 15.2. The van der Waals surface area contributed by atoms with Crippen molar-refractivity contribution in [1.82, 2.24) is 4.98 Å². The molecule has 28 heavy (non-hydrogen) atoms. The minimum absolute atomic E-state index is 0.434. The van der Waals surface area contributed by atoms with Crippen LogP contribution in [0.4, 0.5) is 5.69 Å². The van der Waals surface area contributed by atoms with Crippen molar-refractivity contribution in [2.24, 2.45) is 10.7 Å². The molecule has 0 aliphatic heterocycles. The summed E-state index contributed by atoms with van der Waals surface area (Å²) < 4.78 is 11.6. The van der Waals surface area contributed by atoms with E-state index in [-0.39, 0.29) is 0 Å². The number of nitrogens with zero attached hydrogens (tertiary/aromatic N) is 2. The Hall–Kier alpha value is -3.86. The van der Waals surface area contributed by atoms with Crippen molar-refractivity contribution >= 4 is 28.6 Å². The van der Waals surface area contributed by atoms with Crippen LogP contribution in [0, 0.1) is 0 Å². The first-order chi connectivity index (χ1) is 13.8. The Labute approximate surface area is 162 Å². The van der Waals surface area contributed by atoms with Crippen LogP contribution < -0.4 is 10.5 Å². The van der Waals surface area contributed by atoms with Gasteiger partial charge in [-0.2, -0.15) is 0 Å². The van der Waals surface area contributed by atoms with Gasteiger partial charge in [-0.25, -0.2) is 4.98 Å². The Morgan fingerprint density at radius 3 is 2.64 bits per heavy atom. The monoisotopic (exact) mass is 369 g/mol. The summed E-state index contributed by atoms with van der Waals surface area (Å²) in [7, 11) is 0. The van der Waals surface area contributed by atoms with E-state index < -0.39 is 0 Å². The summed E-state index contributed by atoms with van der Waals surface area (Å²) in [5.41, 5.74) is 9.71. The van der Waals surface area contributed by atoms with Gasteiger partial charge in [0.05, 0.1) is 11.3 Å². The fourth-order valence-electron chi connectivity index (χ4n) is 2.70. The third kappa shape index (κ3) is 4.10. The van der Waals surface area contributed by atoms with Crippen LogP contribution in [-0.2, 0) is 6.61 Å². The van der Waals surface area contributed by atoms with E-state index in [1.807, 2.05) is 78.9 Å². The third-order valence-corrected chi connectivity index (χ3v) is 4.14. The lowest BCUT2D eigenvalue weighted by atomic mass is 10.2. The highest BCUT2D eigenvalue weighted by molar-refractivity contribution is 6.09. The first-order valence-electron chi connectivity index (χ1n) is 8.90. The second kappa shape index (κ2) is 8.22. The van der Waals surface area contributed by atoms with Gasteiger partial charge in [-0.15, -0.1) is 0 Å². The maximum atomic E-state index is 5.85. The number of ether oxygens (including phenoxy) is 1. The fourth-order valence-corrected chi connectivity index (χ4v) is 2.70. The maximum absolute atomic E-state index is 5.85.